The lowest BCUT2D eigenvalue weighted by molar-refractivity contribution is 0.0240. The topological polar surface area (TPSA) is 29.5 Å². The number of aryl methyl sites for hydroxylation is 2. The number of ether oxygens (including phenoxy) is 1. The van der Waals surface area contributed by atoms with Crippen LogP contribution in [0.2, 0.25) is 0 Å². The van der Waals surface area contributed by atoms with E-state index >= 15 is 0 Å². The Morgan fingerprint density at radius 2 is 1.79 bits per heavy atom. The van der Waals surface area contributed by atoms with Crippen LogP contribution in [0.4, 0.5) is 0 Å². The standard InChI is InChI=1S/C17H26O2/c1-10-6-7-15(8-11(10)2)9-16(18)17-12(3)13(4)19-14(17)5/h6-8,12-14,16-18H,9H2,1-5H3. The van der Waals surface area contributed by atoms with Gasteiger partial charge in [-0.15, -0.1) is 0 Å². The van der Waals surface area contributed by atoms with Crippen molar-refractivity contribution < 1.29 is 9.84 Å². The van der Waals surface area contributed by atoms with Gasteiger partial charge in [-0.05, 0) is 56.7 Å². The molecule has 1 fully saturated rings. The Morgan fingerprint density at radius 1 is 1.11 bits per heavy atom. The van der Waals surface area contributed by atoms with Crippen molar-refractivity contribution in [3.05, 3.63) is 34.9 Å². The maximum Gasteiger partial charge on any atom is 0.0636 e. The van der Waals surface area contributed by atoms with Gasteiger partial charge in [0.15, 0.2) is 0 Å². The maximum atomic E-state index is 10.5. The van der Waals surface area contributed by atoms with E-state index in [9.17, 15) is 5.11 Å². The molecule has 1 aromatic carbocycles. The lowest BCUT2D eigenvalue weighted by atomic mass is 9.82. The molecule has 5 unspecified atom stereocenters. The summed E-state index contributed by atoms with van der Waals surface area (Å²) in [7, 11) is 0. The molecule has 0 amide bonds. The van der Waals surface area contributed by atoms with E-state index in [0.29, 0.717) is 5.92 Å². The van der Waals surface area contributed by atoms with E-state index in [1.807, 2.05) is 0 Å². The zero-order chi connectivity index (χ0) is 14.2. The monoisotopic (exact) mass is 262 g/mol. The largest absolute Gasteiger partial charge is 0.392 e. The van der Waals surface area contributed by atoms with Gasteiger partial charge >= 0.3 is 0 Å². The molecule has 0 saturated carbocycles. The van der Waals surface area contributed by atoms with Crippen LogP contribution in [-0.4, -0.2) is 23.4 Å². The first kappa shape index (κ1) is 14.5. The molecular formula is C17H26O2. The highest BCUT2D eigenvalue weighted by Crippen LogP contribution is 2.35. The molecule has 0 aromatic heterocycles. The quantitative estimate of drug-likeness (QED) is 0.906. The van der Waals surface area contributed by atoms with Crippen LogP contribution in [0.25, 0.3) is 0 Å². The molecule has 2 heteroatoms. The van der Waals surface area contributed by atoms with Crippen molar-refractivity contribution in [2.75, 3.05) is 0 Å². The van der Waals surface area contributed by atoms with Crippen LogP contribution in [0, 0.1) is 25.7 Å². The van der Waals surface area contributed by atoms with Gasteiger partial charge in [-0.3, -0.25) is 0 Å². The molecule has 1 aliphatic rings. The van der Waals surface area contributed by atoms with Crippen LogP contribution < -0.4 is 0 Å². The summed E-state index contributed by atoms with van der Waals surface area (Å²) >= 11 is 0. The molecule has 1 N–H and O–H groups in total. The van der Waals surface area contributed by atoms with Crippen LogP contribution in [0.1, 0.15) is 37.5 Å². The zero-order valence-corrected chi connectivity index (χ0v) is 12.7. The van der Waals surface area contributed by atoms with Gasteiger partial charge in [0.1, 0.15) is 0 Å². The molecule has 1 aromatic rings. The number of rotatable bonds is 3. The molecule has 106 valence electrons. The van der Waals surface area contributed by atoms with Crippen molar-refractivity contribution in [3.8, 4) is 0 Å². The van der Waals surface area contributed by atoms with Crippen molar-refractivity contribution in [1.82, 2.24) is 0 Å². The number of aliphatic hydroxyl groups excluding tert-OH is 1. The molecule has 1 saturated heterocycles. The Balaban J connectivity index is 2.08. The minimum atomic E-state index is -0.322. The van der Waals surface area contributed by atoms with Crippen LogP contribution in [0.5, 0.6) is 0 Å². The molecule has 0 bridgehead atoms. The van der Waals surface area contributed by atoms with E-state index in [1.54, 1.807) is 0 Å². The van der Waals surface area contributed by atoms with Gasteiger partial charge in [-0.1, -0.05) is 25.1 Å². The predicted molar refractivity (Wildman–Crippen MR) is 78.3 cm³/mol. The van der Waals surface area contributed by atoms with Crippen molar-refractivity contribution in [2.45, 2.75) is 59.4 Å². The van der Waals surface area contributed by atoms with E-state index in [2.05, 4.69) is 52.8 Å². The Hall–Kier alpha value is -0.860. The van der Waals surface area contributed by atoms with Gasteiger partial charge in [0.2, 0.25) is 0 Å². The van der Waals surface area contributed by atoms with Crippen LogP contribution in [0.15, 0.2) is 18.2 Å². The second-order valence-corrected chi connectivity index (χ2v) is 6.17. The van der Waals surface area contributed by atoms with Crippen molar-refractivity contribution in [2.24, 2.45) is 11.8 Å². The summed E-state index contributed by atoms with van der Waals surface area (Å²) in [5.41, 5.74) is 3.81. The van der Waals surface area contributed by atoms with Gasteiger partial charge in [-0.25, -0.2) is 0 Å². The van der Waals surface area contributed by atoms with Crippen LogP contribution in [0.3, 0.4) is 0 Å². The number of aliphatic hydroxyl groups is 1. The summed E-state index contributed by atoms with van der Waals surface area (Å²) in [6.07, 6.45) is 0.786. The average molecular weight is 262 g/mol. The molecule has 5 atom stereocenters. The molecule has 0 spiro atoms. The molecular weight excluding hydrogens is 236 g/mol. The highest BCUT2D eigenvalue weighted by Gasteiger charge is 2.40. The van der Waals surface area contributed by atoms with Crippen LogP contribution in [-0.2, 0) is 11.2 Å². The average Bonchev–Trinajstić information content (AvgIpc) is 2.58. The van der Waals surface area contributed by atoms with Gasteiger partial charge in [-0.2, -0.15) is 0 Å². The maximum absolute atomic E-state index is 10.5. The molecule has 1 heterocycles. The van der Waals surface area contributed by atoms with Crippen LogP contribution >= 0.6 is 0 Å². The number of hydrogen-bond donors (Lipinski definition) is 1. The molecule has 1 aliphatic heterocycles. The number of hydrogen-bond acceptors (Lipinski definition) is 2. The second kappa shape index (κ2) is 5.64. The van der Waals surface area contributed by atoms with E-state index in [-0.39, 0.29) is 24.2 Å². The SMILES string of the molecule is Cc1ccc(CC(O)C2C(C)OC(C)C2C)cc1C. The Bertz CT molecular complexity index is 441. The normalized spacial score (nSPS) is 32.5. The van der Waals surface area contributed by atoms with Gasteiger partial charge in [0, 0.05) is 5.92 Å². The molecule has 19 heavy (non-hydrogen) atoms. The van der Waals surface area contributed by atoms with Gasteiger partial charge in [0.05, 0.1) is 18.3 Å². The third-order valence-corrected chi connectivity index (χ3v) is 4.78. The molecule has 0 aliphatic carbocycles. The lowest BCUT2D eigenvalue weighted by Gasteiger charge is -2.25. The Morgan fingerprint density at radius 3 is 2.32 bits per heavy atom. The summed E-state index contributed by atoms with van der Waals surface area (Å²) in [5, 5.41) is 10.5. The fraction of sp³-hybridized carbons (Fsp3) is 0.647. The minimum Gasteiger partial charge on any atom is -0.392 e. The third kappa shape index (κ3) is 3.01. The zero-order valence-electron chi connectivity index (χ0n) is 12.7. The summed E-state index contributed by atoms with van der Waals surface area (Å²) < 4.78 is 5.83. The Kier molecular flexibility index (Phi) is 4.32. The van der Waals surface area contributed by atoms with Gasteiger partial charge < -0.3 is 9.84 Å². The molecule has 0 radical (unpaired) electrons. The Labute approximate surface area is 116 Å². The second-order valence-electron chi connectivity index (χ2n) is 6.17. The first-order valence-electron chi connectivity index (χ1n) is 7.29. The van der Waals surface area contributed by atoms with E-state index < -0.39 is 0 Å². The number of benzene rings is 1. The predicted octanol–water partition coefficient (Wildman–Crippen LogP) is 3.27. The van der Waals surface area contributed by atoms with E-state index in [1.165, 1.54) is 16.7 Å². The van der Waals surface area contributed by atoms with Gasteiger partial charge in [0.25, 0.3) is 0 Å². The van der Waals surface area contributed by atoms with Crippen molar-refractivity contribution >= 4 is 0 Å². The highest BCUT2D eigenvalue weighted by atomic mass is 16.5. The first-order valence-corrected chi connectivity index (χ1v) is 7.29. The summed E-state index contributed by atoms with van der Waals surface area (Å²) in [6.45, 7) is 10.6. The van der Waals surface area contributed by atoms with E-state index in [4.69, 9.17) is 4.74 Å². The first-order chi connectivity index (χ1) is 8.90. The minimum absolute atomic E-state index is 0.145. The fourth-order valence-corrected chi connectivity index (χ4v) is 3.26. The lowest BCUT2D eigenvalue weighted by Crippen LogP contribution is -2.32. The highest BCUT2D eigenvalue weighted by molar-refractivity contribution is 5.30. The summed E-state index contributed by atoms with van der Waals surface area (Å²) in [6, 6.07) is 6.45. The third-order valence-electron chi connectivity index (χ3n) is 4.78. The smallest absolute Gasteiger partial charge is 0.0636 e. The van der Waals surface area contributed by atoms with Crippen molar-refractivity contribution in [1.29, 1.82) is 0 Å². The van der Waals surface area contributed by atoms with E-state index in [0.717, 1.165) is 6.42 Å². The van der Waals surface area contributed by atoms with Crippen molar-refractivity contribution in [3.63, 3.8) is 0 Å². The summed E-state index contributed by atoms with van der Waals surface area (Å²) in [5.74, 6) is 0.646. The summed E-state index contributed by atoms with van der Waals surface area (Å²) in [4.78, 5) is 0. The molecule has 2 rings (SSSR count). The fourth-order valence-electron chi connectivity index (χ4n) is 3.26. The molecule has 2 nitrogen and oxygen atoms in total.